The molecule has 6 nitrogen and oxygen atoms in total. The highest BCUT2D eigenvalue weighted by atomic mass is 32.2. The second kappa shape index (κ2) is 7.21. The first kappa shape index (κ1) is 16.7. The molecule has 130 valence electrons. The lowest BCUT2D eigenvalue weighted by Crippen LogP contribution is -2.02. The highest BCUT2D eigenvalue weighted by Gasteiger charge is 2.16. The number of aryl methyl sites for hydroxylation is 1. The molecule has 3 aromatic heterocycles. The molecule has 0 bridgehead atoms. The van der Waals surface area contributed by atoms with Gasteiger partial charge in [0.2, 0.25) is 0 Å². The van der Waals surface area contributed by atoms with Gasteiger partial charge in [-0.25, -0.2) is 9.97 Å². The first-order chi connectivity index (χ1) is 12.8. The highest BCUT2D eigenvalue weighted by Crippen LogP contribution is 2.32. The molecule has 0 aliphatic heterocycles. The van der Waals surface area contributed by atoms with Crippen LogP contribution < -0.4 is 0 Å². The molecule has 3 heterocycles. The van der Waals surface area contributed by atoms with E-state index >= 15 is 0 Å². The predicted molar refractivity (Wildman–Crippen MR) is 102 cm³/mol. The molecule has 0 amide bonds. The second-order valence-corrected chi connectivity index (χ2v) is 6.95. The number of fused-ring (bicyclic) bond motifs is 1. The van der Waals surface area contributed by atoms with E-state index in [9.17, 15) is 0 Å². The molecule has 4 rings (SSSR count). The standard InChI is InChI=1S/C19H18N6S/c1-3-10-25-17(14-6-8-20-9-7-14)23-24-19(25)26-18-15-11-13(2)4-5-16(15)21-12-22-18/h4-9,11-12H,3,10H2,1-2H3. The predicted octanol–water partition coefficient (Wildman–Crippen LogP) is 4.15. The van der Waals surface area contributed by atoms with Gasteiger partial charge in [0.15, 0.2) is 11.0 Å². The molecule has 0 unspecified atom stereocenters. The van der Waals surface area contributed by atoms with Crippen LogP contribution in [0.3, 0.4) is 0 Å². The van der Waals surface area contributed by atoms with Crippen molar-refractivity contribution in [3.05, 3.63) is 54.6 Å². The summed E-state index contributed by atoms with van der Waals surface area (Å²) >= 11 is 1.53. The van der Waals surface area contributed by atoms with Gasteiger partial charge in [-0.05, 0) is 49.4 Å². The maximum atomic E-state index is 4.49. The second-order valence-electron chi connectivity index (χ2n) is 6.00. The molecule has 0 radical (unpaired) electrons. The zero-order valence-corrected chi connectivity index (χ0v) is 15.4. The van der Waals surface area contributed by atoms with Gasteiger partial charge in [0.25, 0.3) is 0 Å². The lowest BCUT2D eigenvalue weighted by Gasteiger charge is -2.09. The number of hydrogen-bond donors (Lipinski definition) is 0. The molecule has 4 aromatic rings. The Hall–Kier alpha value is -2.80. The minimum Gasteiger partial charge on any atom is -0.302 e. The summed E-state index contributed by atoms with van der Waals surface area (Å²) in [4.78, 5) is 12.9. The Morgan fingerprint density at radius 3 is 2.69 bits per heavy atom. The molecule has 0 spiro atoms. The van der Waals surface area contributed by atoms with Crippen LogP contribution in [-0.2, 0) is 6.54 Å². The largest absolute Gasteiger partial charge is 0.302 e. The number of aromatic nitrogens is 6. The Morgan fingerprint density at radius 2 is 1.88 bits per heavy atom. The summed E-state index contributed by atoms with van der Waals surface area (Å²) < 4.78 is 2.14. The third-order valence-corrected chi connectivity index (χ3v) is 5.05. The molecule has 0 N–H and O–H groups in total. The van der Waals surface area contributed by atoms with Crippen molar-refractivity contribution in [1.29, 1.82) is 0 Å². The summed E-state index contributed by atoms with van der Waals surface area (Å²) in [5, 5.41) is 11.6. The third kappa shape index (κ3) is 3.17. The quantitative estimate of drug-likeness (QED) is 0.497. The zero-order chi connectivity index (χ0) is 17.9. The topological polar surface area (TPSA) is 69.4 Å². The van der Waals surface area contributed by atoms with Crippen molar-refractivity contribution >= 4 is 22.7 Å². The van der Waals surface area contributed by atoms with E-state index in [-0.39, 0.29) is 0 Å². The summed E-state index contributed by atoms with van der Waals surface area (Å²) in [5.74, 6) is 0.853. The average Bonchev–Trinajstić information content (AvgIpc) is 3.06. The van der Waals surface area contributed by atoms with Gasteiger partial charge in [-0.15, -0.1) is 10.2 Å². The molecule has 0 fully saturated rings. The van der Waals surface area contributed by atoms with Crippen LogP contribution in [0.1, 0.15) is 18.9 Å². The molecule has 0 saturated carbocycles. The van der Waals surface area contributed by atoms with Gasteiger partial charge in [0, 0.05) is 29.9 Å². The molecule has 7 heteroatoms. The van der Waals surface area contributed by atoms with Gasteiger partial charge < -0.3 is 4.57 Å². The Bertz CT molecular complexity index is 1040. The molecular weight excluding hydrogens is 344 g/mol. The number of rotatable bonds is 5. The van der Waals surface area contributed by atoms with Crippen LogP contribution in [0.2, 0.25) is 0 Å². The van der Waals surface area contributed by atoms with Crippen LogP contribution in [0.5, 0.6) is 0 Å². The SMILES string of the molecule is CCCn1c(Sc2ncnc3ccc(C)cc23)nnc1-c1ccncc1. The van der Waals surface area contributed by atoms with Gasteiger partial charge >= 0.3 is 0 Å². The van der Waals surface area contributed by atoms with Crippen molar-refractivity contribution in [2.45, 2.75) is 37.0 Å². The minimum atomic E-state index is 0.833. The highest BCUT2D eigenvalue weighted by molar-refractivity contribution is 7.99. The van der Waals surface area contributed by atoms with Gasteiger partial charge in [-0.3, -0.25) is 4.98 Å². The van der Waals surface area contributed by atoms with Crippen molar-refractivity contribution in [1.82, 2.24) is 29.7 Å². The Balaban J connectivity index is 1.78. The van der Waals surface area contributed by atoms with Crippen LogP contribution in [-0.4, -0.2) is 29.7 Å². The van der Waals surface area contributed by atoms with Gasteiger partial charge in [-0.2, -0.15) is 0 Å². The average molecular weight is 362 g/mol. The summed E-state index contributed by atoms with van der Waals surface area (Å²) in [7, 11) is 0. The van der Waals surface area contributed by atoms with E-state index < -0.39 is 0 Å². The van der Waals surface area contributed by atoms with E-state index in [4.69, 9.17) is 0 Å². The van der Waals surface area contributed by atoms with E-state index in [2.05, 4.69) is 55.7 Å². The Kier molecular flexibility index (Phi) is 4.62. The minimum absolute atomic E-state index is 0.833. The summed E-state index contributed by atoms with van der Waals surface area (Å²) in [6.45, 7) is 5.06. The summed E-state index contributed by atoms with van der Waals surface area (Å²) in [5.41, 5.74) is 3.13. The van der Waals surface area contributed by atoms with Crippen molar-refractivity contribution < 1.29 is 0 Å². The van der Waals surface area contributed by atoms with Crippen LogP contribution in [0.15, 0.2) is 59.2 Å². The van der Waals surface area contributed by atoms with Crippen LogP contribution >= 0.6 is 11.8 Å². The van der Waals surface area contributed by atoms with Crippen LogP contribution in [0.25, 0.3) is 22.3 Å². The molecule has 26 heavy (non-hydrogen) atoms. The first-order valence-corrected chi connectivity index (χ1v) is 9.30. The van der Waals surface area contributed by atoms with Gasteiger partial charge in [0.1, 0.15) is 11.4 Å². The first-order valence-electron chi connectivity index (χ1n) is 8.49. The fraction of sp³-hybridized carbons (Fsp3) is 0.211. The van der Waals surface area contributed by atoms with Crippen molar-refractivity contribution in [3.8, 4) is 11.4 Å². The lowest BCUT2D eigenvalue weighted by molar-refractivity contribution is 0.626. The van der Waals surface area contributed by atoms with E-state index in [0.717, 1.165) is 45.4 Å². The summed E-state index contributed by atoms with van der Waals surface area (Å²) in [6, 6.07) is 10.1. The van der Waals surface area contributed by atoms with E-state index in [1.165, 1.54) is 17.3 Å². The van der Waals surface area contributed by atoms with Crippen LogP contribution in [0.4, 0.5) is 0 Å². The monoisotopic (exact) mass is 362 g/mol. The lowest BCUT2D eigenvalue weighted by atomic mass is 10.2. The third-order valence-electron chi connectivity index (χ3n) is 4.04. The van der Waals surface area contributed by atoms with Crippen molar-refractivity contribution in [2.75, 3.05) is 0 Å². The molecular formula is C19H18N6S. The molecule has 0 aliphatic rings. The fourth-order valence-electron chi connectivity index (χ4n) is 2.82. The Morgan fingerprint density at radius 1 is 1.04 bits per heavy atom. The molecule has 1 aromatic carbocycles. The molecule has 0 aliphatic carbocycles. The zero-order valence-electron chi connectivity index (χ0n) is 14.6. The van der Waals surface area contributed by atoms with Gasteiger partial charge in [0.05, 0.1) is 5.52 Å². The summed E-state index contributed by atoms with van der Waals surface area (Å²) in [6.07, 6.45) is 6.14. The van der Waals surface area contributed by atoms with E-state index in [1.807, 2.05) is 18.2 Å². The molecule has 0 atom stereocenters. The molecule has 0 saturated heterocycles. The fourth-order valence-corrected chi connectivity index (χ4v) is 3.73. The number of pyridine rings is 1. The van der Waals surface area contributed by atoms with Crippen molar-refractivity contribution in [3.63, 3.8) is 0 Å². The number of hydrogen-bond acceptors (Lipinski definition) is 6. The van der Waals surface area contributed by atoms with Crippen LogP contribution in [0, 0.1) is 6.92 Å². The smallest absolute Gasteiger partial charge is 0.197 e. The van der Waals surface area contributed by atoms with E-state index in [0.29, 0.717) is 0 Å². The number of benzene rings is 1. The van der Waals surface area contributed by atoms with Gasteiger partial charge in [-0.1, -0.05) is 18.6 Å². The number of nitrogens with zero attached hydrogens (tertiary/aromatic N) is 6. The normalized spacial score (nSPS) is 11.2. The maximum Gasteiger partial charge on any atom is 0.197 e. The Labute approximate surface area is 155 Å². The van der Waals surface area contributed by atoms with Crippen molar-refractivity contribution in [2.24, 2.45) is 0 Å². The van der Waals surface area contributed by atoms with E-state index in [1.54, 1.807) is 18.7 Å². The maximum absolute atomic E-state index is 4.49.